The minimum atomic E-state index is 0.309. The summed E-state index contributed by atoms with van der Waals surface area (Å²) in [6, 6.07) is 18.4. The van der Waals surface area contributed by atoms with Crippen LogP contribution in [0, 0.1) is 20.8 Å². The van der Waals surface area contributed by atoms with Crippen LogP contribution in [0.4, 0.5) is 0 Å². The second-order valence-electron chi connectivity index (χ2n) is 7.67. The van der Waals surface area contributed by atoms with Crippen molar-refractivity contribution in [2.45, 2.75) is 27.3 Å². The van der Waals surface area contributed by atoms with Crippen LogP contribution in [0.5, 0.6) is 0 Å². The van der Waals surface area contributed by atoms with Gasteiger partial charge in [0.2, 0.25) is 0 Å². The summed E-state index contributed by atoms with van der Waals surface area (Å²) in [5, 5.41) is 8.41. The lowest BCUT2D eigenvalue weighted by Crippen LogP contribution is -2.23. The number of hydrogen-bond acceptors (Lipinski definition) is 6. The third-order valence-electron chi connectivity index (χ3n) is 5.25. The molecule has 32 heavy (non-hydrogen) atoms. The van der Waals surface area contributed by atoms with E-state index < -0.39 is 0 Å². The molecule has 8 heteroatoms. The van der Waals surface area contributed by atoms with Crippen molar-refractivity contribution >= 4 is 5.84 Å². The second kappa shape index (κ2) is 8.99. The quantitative estimate of drug-likeness (QED) is 0.189. The van der Waals surface area contributed by atoms with Gasteiger partial charge in [0.25, 0.3) is 0 Å². The van der Waals surface area contributed by atoms with E-state index in [1.807, 2.05) is 42.9 Å². The Hall–Kier alpha value is -4.04. The zero-order chi connectivity index (χ0) is 22.7. The van der Waals surface area contributed by atoms with Crippen LogP contribution in [0.3, 0.4) is 0 Å². The van der Waals surface area contributed by atoms with Crippen molar-refractivity contribution in [2.24, 2.45) is 16.7 Å². The molecule has 0 spiro atoms. The molecule has 0 atom stereocenters. The molecule has 4 aromatic rings. The van der Waals surface area contributed by atoms with Crippen molar-refractivity contribution in [3.8, 4) is 22.4 Å². The van der Waals surface area contributed by atoms with Gasteiger partial charge >= 0.3 is 0 Å². The fourth-order valence-corrected chi connectivity index (χ4v) is 3.66. The van der Waals surface area contributed by atoms with Gasteiger partial charge in [-0.25, -0.2) is 21.0 Å². The molecule has 2 aromatic carbocycles. The van der Waals surface area contributed by atoms with Crippen LogP contribution in [-0.2, 0) is 6.54 Å². The minimum Gasteiger partial charge on any atom is -0.382 e. The molecule has 0 saturated carbocycles. The summed E-state index contributed by atoms with van der Waals surface area (Å²) >= 11 is 0. The molecule has 0 aliphatic heterocycles. The van der Waals surface area contributed by atoms with Crippen LogP contribution in [0.25, 0.3) is 22.4 Å². The number of aryl methyl sites for hydroxylation is 3. The average Bonchev–Trinajstić information content (AvgIpc) is 3.10. The number of hydrogen-bond donors (Lipinski definition) is 3. The van der Waals surface area contributed by atoms with E-state index in [-0.39, 0.29) is 0 Å². The van der Waals surface area contributed by atoms with Crippen molar-refractivity contribution in [3.05, 3.63) is 89.1 Å². The predicted molar refractivity (Wildman–Crippen MR) is 126 cm³/mol. The van der Waals surface area contributed by atoms with Gasteiger partial charge in [0, 0.05) is 17.3 Å². The summed E-state index contributed by atoms with van der Waals surface area (Å²) in [6.07, 6.45) is 1.81. The van der Waals surface area contributed by atoms with Crippen LogP contribution in [0.15, 0.2) is 65.9 Å². The number of nitrogens with two attached hydrogens (primary N) is 2. The zero-order valence-electron chi connectivity index (χ0n) is 18.4. The molecule has 0 aliphatic carbocycles. The van der Waals surface area contributed by atoms with Crippen LogP contribution in [0.1, 0.15) is 28.3 Å². The van der Waals surface area contributed by atoms with Crippen LogP contribution in [-0.4, -0.2) is 25.6 Å². The first-order valence-corrected chi connectivity index (χ1v) is 10.3. The topological polar surface area (TPSA) is 120 Å². The number of amidine groups is 1. The minimum absolute atomic E-state index is 0.309. The molecule has 0 fully saturated rings. The van der Waals surface area contributed by atoms with Gasteiger partial charge in [0.1, 0.15) is 11.6 Å². The summed E-state index contributed by atoms with van der Waals surface area (Å²) in [4.78, 5) is 8.89. The van der Waals surface area contributed by atoms with Gasteiger partial charge in [-0.3, -0.25) is 4.98 Å². The van der Waals surface area contributed by atoms with E-state index in [2.05, 4.69) is 69.0 Å². The molecule has 0 aliphatic rings. The molecule has 0 amide bonds. The lowest BCUT2D eigenvalue weighted by Gasteiger charge is -2.13. The number of nitrogens with one attached hydrogen (secondary N) is 1. The SMILES string of the molecule is Cc1ccnc(-c2ccc(/C(N)=N/NN)c(-c3ccc(Cn4nc(C)nc4C)cc3)c2)c1. The van der Waals surface area contributed by atoms with E-state index in [0.717, 1.165) is 50.7 Å². The Balaban J connectivity index is 1.73. The highest BCUT2D eigenvalue weighted by atomic mass is 15.5. The van der Waals surface area contributed by atoms with Crippen molar-refractivity contribution in [1.82, 2.24) is 25.3 Å². The van der Waals surface area contributed by atoms with Crippen LogP contribution >= 0.6 is 0 Å². The van der Waals surface area contributed by atoms with Gasteiger partial charge in [-0.05, 0) is 67.3 Å². The number of hydrazone groups is 1. The Kier molecular flexibility index (Phi) is 5.96. The normalized spacial score (nSPS) is 11.6. The van der Waals surface area contributed by atoms with Gasteiger partial charge in [0.15, 0.2) is 5.84 Å². The molecule has 0 bridgehead atoms. The van der Waals surface area contributed by atoms with E-state index in [9.17, 15) is 0 Å². The van der Waals surface area contributed by atoms with Gasteiger partial charge < -0.3 is 5.73 Å². The predicted octanol–water partition coefficient (Wildman–Crippen LogP) is 3.06. The Labute approximate surface area is 187 Å². The fourth-order valence-electron chi connectivity index (χ4n) is 3.66. The van der Waals surface area contributed by atoms with Gasteiger partial charge in [0.05, 0.1) is 12.2 Å². The lowest BCUT2D eigenvalue weighted by molar-refractivity contribution is 0.656. The number of nitrogens with zero attached hydrogens (tertiary/aromatic N) is 5. The largest absolute Gasteiger partial charge is 0.382 e. The smallest absolute Gasteiger partial charge is 0.152 e. The highest BCUT2D eigenvalue weighted by Gasteiger charge is 2.12. The number of aromatic nitrogens is 4. The molecule has 162 valence electrons. The van der Waals surface area contributed by atoms with E-state index in [0.29, 0.717) is 12.4 Å². The Morgan fingerprint density at radius 2 is 1.75 bits per heavy atom. The summed E-state index contributed by atoms with van der Waals surface area (Å²) in [6.45, 7) is 6.56. The fraction of sp³-hybridized carbons (Fsp3) is 0.167. The maximum atomic E-state index is 6.18. The molecule has 4 rings (SSSR count). The third-order valence-corrected chi connectivity index (χ3v) is 5.25. The zero-order valence-corrected chi connectivity index (χ0v) is 18.4. The maximum absolute atomic E-state index is 6.18. The van der Waals surface area contributed by atoms with E-state index in [1.54, 1.807) is 0 Å². The Bertz CT molecular complexity index is 1270. The molecular formula is C24H26N8. The van der Waals surface area contributed by atoms with Crippen molar-refractivity contribution < 1.29 is 0 Å². The molecule has 0 saturated heterocycles. The highest BCUT2D eigenvalue weighted by molar-refractivity contribution is 6.04. The van der Waals surface area contributed by atoms with Crippen molar-refractivity contribution in [2.75, 3.05) is 0 Å². The van der Waals surface area contributed by atoms with Gasteiger partial charge in [-0.1, -0.05) is 30.3 Å². The summed E-state index contributed by atoms with van der Waals surface area (Å²) < 4.78 is 1.90. The van der Waals surface area contributed by atoms with Gasteiger partial charge in [-0.2, -0.15) is 5.10 Å². The summed E-state index contributed by atoms with van der Waals surface area (Å²) in [5.74, 6) is 7.33. The number of pyridine rings is 1. The molecule has 5 N–H and O–H groups in total. The molecule has 2 heterocycles. The van der Waals surface area contributed by atoms with Crippen LogP contribution < -0.4 is 17.1 Å². The monoisotopic (exact) mass is 426 g/mol. The second-order valence-corrected chi connectivity index (χ2v) is 7.67. The lowest BCUT2D eigenvalue weighted by atomic mass is 9.94. The highest BCUT2D eigenvalue weighted by Crippen LogP contribution is 2.30. The molecule has 8 nitrogen and oxygen atoms in total. The number of benzene rings is 2. The summed E-state index contributed by atoms with van der Waals surface area (Å²) in [5.41, 5.74) is 15.4. The van der Waals surface area contributed by atoms with Crippen LogP contribution in [0.2, 0.25) is 0 Å². The van der Waals surface area contributed by atoms with Crippen molar-refractivity contribution in [3.63, 3.8) is 0 Å². The number of rotatable bonds is 6. The maximum Gasteiger partial charge on any atom is 0.152 e. The first kappa shape index (κ1) is 21.2. The summed E-state index contributed by atoms with van der Waals surface area (Å²) in [7, 11) is 0. The molecular weight excluding hydrogens is 400 g/mol. The molecule has 0 radical (unpaired) electrons. The van der Waals surface area contributed by atoms with Gasteiger partial charge in [-0.15, -0.1) is 5.10 Å². The van der Waals surface area contributed by atoms with E-state index in [1.165, 1.54) is 0 Å². The van der Waals surface area contributed by atoms with Crippen molar-refractivity contribution in [1.29, 1.82) is 0 Å². The standard InChI is InChI=1S/C24H26N8/c1-15-10-11-27-23(12-15)20-8-9-21(24(25)29-31-26)22(13-20)19-6-4-18(5-7-19)14-32-17(3)28-16(2)30-32/h4-13,31H,14,26H2,1-3H3,(H2,25,29). The average molecular weight is 427 g/mol. The van der Waals surface area contributed by atoms with E-state index >= 15 is 0 Å². The Morgan fingerprint density at radius 3 is 2.41 bits per heavy atom. The van der Waals surface area contributed by atoms with E-state index in [4.69, 9.17) is 11.6 Å². The first-order valence-electron chi connectivity index (χ1n) is 10.3. The molecule has 0 unspecified atom stereocenters. The third kappa shape index (κ3) is 4.50. The number of hydrazine groups is 1. The first-order chi connectivity index (χ1) is 15.4. The Morgan fingerprint density at radius 1 is 1.00 bits per heavy atom. The molecule has 2 aromatic heterocycles.